The number of halogens is 1. The molecule has 0 spiro atoms. The molecule has 0 saturated carbocycles. The fourth-order valence-electron chi connectivity index (χ4n) is 4.86. The Kier molecular flexibility index (Phi) is 5.57. The van der Waals surface area contributed by atoms with Crippen LogP contribution in [-0.4, -0.2) is 39.5 Å². The molecule has 0 atom stereocenters. The molecule has 0 bridgehead atoms. The second kappa shape index (κ2) is 8.94. The molecule has 6 rings (SSSR count). The van der Waals surface area contributed by atoms with E-state index >= 15 is 0 Å². The Balaban J connectivity index is 1.63. The van der Waals surface area contributed by atoms with Gasteiger partial charge in [-0.25, -0.2) is 9.78 Å². The monoisotopic (exact) mass is 510 g/mol. The van der Waals surface area contributed by atoms with Crippen molar-refractivity contribution in [1.82, 2.24) is 19.3 Å². The molecular weight excluding hydrogens is 488 g/mol. The third kappa shape index (κ3) is 3.88. The number of benzene rings is 3. The molecule has 8 heteroatoms. The minimum atomic E-state index is -0.430. The summed E-state index contributed by atoms with van der Waals surface area (Å²) in [5.41, 5.74) is 6.36. The Morgan fingerprint density at radius 3 is 2.54 bits per heavy atom. The highest BCUT2D eigenvalue weighted by Gasteiger charge is 2.22. The Hall–Kier alpha value is -4.36. The lowest BCUT2D eigenvalue weighted by molar-refractivity contribution is 0.0602. The van der Waals surface area contributed by atoms with E-state index in [-0.39, 0.29) is 0 Å². The van der Waals surface area contributed by atoms with Crippen molar-refractivity contribution >= 4 is 50.4 Å². The number of aromatic nitrogens is 4. The smallest absolute Gasteiger partial charge is 0.340 e. The Morgan fingerprint density at radius 1 is 0.973 bits per heavy atom. The van der Waals surface area contributed by atoms with Crippen LogP contribution in [0.25, 0.3) is 44.1 Å². The van der Waals surface area contributed by atoms with Crippen LogP contribution in [0.4, 0.5) is 0 Å². The van der Waals surface area contributed by atoms with Crippen LogP contribution in [0, 0.1) is 0 Å². The number of ether oxygens (including phenoxy) is 2. The van der Waals surface area contributed by atoms with Gasteiger partial charge in [0.1, 0.15) is 5.75 Å². The molecule has 184 valence electrons. The summed E-state index contributed by atoms with van der Waals surface area (Å²) in [6.07, 6.45) is 1.82. The standard InChI is InChI=1S/C29H23ClN4O3/c1-33-25-11-6-18(12-19(25)15-31-33)24-14-23(29(35)37-3)28-27(32-24)22-10-7-20(30)13-26(22)34(28)16-17-4-8-21(36-2)9-5-17/h4-15H,16H2,1-3H3. The van der Waals surface area contributed by atoms with Gasteiger partial charge in [-0.15, -0.1) is 0 Å². The summed E-state index contributed by atoms with van der Waals surface area (Å²) in [6.45, 7) is 0.511. The van der Waals surface area contributed by atoms with E-state index in [1.165, 1.54) is 7.11 Å². The highest BCUT2D eigenvalue weighted by atomic mass is 35.5. The maximum atomic E-state index is 13.1. The zero-order chi connectivity index (χ0) is 25.7. The molecule has 0 aliphatic rings. The zero-order valence-electron chi connectivity index (χ0n) is 20.5. The van der Waals surface area contributed by atoms with Gasteiger partial charge in [0.2, 0.25) is 0 Å². The van der Waals surface area contributed by atoms with E-state index in [1.54, 1.807) is 13.2 Å². The average molecular weight is 511 g/mol. The average Bonchev–Trinajstić information content (AvgIpc) is 3.45. The number of aryl methyl sites for hydroxylation is 1. The molecule has 3 aromatic carbocycles. The van der Waals surface area contributed by atoms with Gasteiger partial charge in [0, 0.05) is 35.0 Å². The van der Waals surface area contributed by atoms with Crippen molar-refractivity contribution in [3.8, 4) is 17.0 Å². The summed E-state index contributed by atoms with van der Waals surface area (Å²) in [7, 11) is 4.94. The number of hydrogen-bond donors (Lipinski definition) is 0. The molecule has 7 nitrogen and oxygen atoms in total. The number of methoxy groups -OCH3 is 2. The first-order valence-electron chi connectivity index (χ1n) is 11.7. The topological polar surface area (TPSA) is 71.2 Å². The lowest BCUT2D eigenvalue weighted by Crippen LogP contribution is -2.08. The predicted octanol–water partition coefficient (Wildman–Crippen LogP) is 6.24. The van der Waals surface area contributed by atoms with Gasteiger partial charge in [-0.3, -0.25) is 4.68 Å². The molecule has 0 aliphatic heterocycles. The van der Waals surface area contributed by atoms with E-state index in [9.17, 15) is 4.79 Å². The molecule has 0 radical (unpaired) electrons. The minimum Gasteiger partial charge on any atom is -0.497 e. The highest BCUT2D eigenvalue weighted by Crippen LogP contribution is 2.36. The molecule has 0 unspecified atom stereocenters. The fourth-order valence-corrected chi connectivity index (χ4v) is 5.03. The summed E-state index contributed by atoms with van der Waals surface area (Å²) in [5, 5.41) is 6.85. The van der Waals surface area contributed by atoms with Gasteiger partial charge in [-0.2, -0.15) is 5.10 Å². The van der Waals surface area contributed by atoms with Crippen LogP contribution < -0.4 is 4.74 Å². The van der Waals surface area contributed by atoms with Crippen molar-refractivity contribution in [2.45, 2.75) is 6.54 Å². The van der Waals surface area contributed by atoms with Crippen LogP contribution >= 0.6 is 11.6 Å². The SMILES string of the molecule is COC(=O)c1cc(-c2ccc3c(cnn3C)c2)nc2c3ccc(Cl)cc3n(Cc3ccc(OC)cc3)c12. The van der Waals surface area contributed by atoms with E-state index < -0.39 is 5.97 Å². The maximum absolute atomic E-state index is 13.1. The molecule has 3 heterocycles. The lowest BCUT2D eigenvalue weighted by atomic mass is 10.1. The van der Waals surface area contributed by atoms with Crippen LogP contribution in [0.3, 0.4) is 0 Å². The third-order valence-electron chi connectivity index (χ3n) is 6.72. The molecule has 6 aromatic rings. The number of carbonyl (C=O) groups excluding carboxylic acids is 1. The van der Waals surface area contributed by atoms with E-state index in [0.29, 0.717) is 33.9 Å². The number of carbonyl (C=O) groups is 1. The first-order valence-corrected chi connectivity index (χ1v) is 12.1. The van der Waals surface area contributed by atoms with E-state index in [0.717, 1.165) is 38.7 Å². The summed E-state index contributed by atoms with van der Waals surface area (Å²) in [4.78, 5) is 18.2. The molecule has 37 heavy (non-hydrogen) atoms. The Morgan fingerprint density at radius 2 is 1.78 bits per heavy atom. The third-order valence-corrected chi connectivity index (χ3v) is 6.95. The zero-order valence-corrected chi connectivity index (χ0v) is 21.3. The molecular formula is C29H23ClN4O3. The normalized spacial score (nSPS) is 11.5. The van der Waals surface area contributed by atoms with Crippen molar-refractivity contribution < 1.29 is 14.3 Å². The van der Waals surface area contributed by atoms with Crippen molar-refractivity contribution in [3.63, 3.8) is 0 Å². The number of fused-ring (bicyclic) bond motifs is 4. The van der Waals surface area contributed by atoms with Gasteiger partial charge in [0.05, 0.1) is 53.7 Å². The van der Waals surface area contributed by atoms with Crippen molar-refractivity contribution in [1.29, 1.82) is 0 Å². The Bertz CT molecular complexity index is 1820. The van der Waals surface area contributed by atoms with Gasteiger partial charge in [-0.1, -0.05) is 29.8 Å². The van der Waals surface area contributed by atoms with Crippen molar-refractivity contribution in [2.75, 3.05) is 14.2 Å². The lowest BCUT2D eigenvalue weighted by Gasteiger charge is -2.12. The van der Waals surface area contributed by atoms with Crippen LogP contribution in [0.5, 0.6) is 5.75 Å². The minimum absolute atomic E-state index is 0.430. The van der Waals surface area contributed by atoms with Gasteiger partial charge < -0.3 is 14.0 Å². The number of pyridine rings is 1. The summed E-state index contributed by atoms with van der Waals surface area (Å²) in [6, 6.07) is 21.4. The van der Waals surface area contributed by atoms with E-state index in [1.807, 2.05) is 78.6 Å². The van der Waals surface area contributed by atoms with Gasteiger partial charge in [-0.05, 0) is 54.1 Å². The quantitative estimate of drug-likeness (QED) is 0.257. The summed E-state index contributed by atoms with van der Waals surface area (Å²) in [5.74, 6) is 0.349. The molecule has 0 amide bonds. The first-order chi connectivity index (χ1) is 18.0. The molecule has 3 aromatic heterocycles. The number of hydrogen-bond acceptors (Lipinski definition) is 5. The number of nitrogens with zero attached hydrogens (tertiary/aromatic N) is 4. The van der Waals surface area contributed by atoms with Gasteiger partial charge >= 0.3 is 5.97 Å². The molecule has 0 fully saturated rings. The van der Waals surface area contributed by atoms with Crippen molar-refractivity contribution in [2.24, 2.45) is 7.05 Å². The second-order valence-corrected chi connectivity index (χ2v) is 9.32. The first kappa shape index (κ1) is 23.1. The van der Waals surface area contributed by atoms with Gasteiger partial charge in [0.15, 0.2) is 0 Å². The van der Waals surface area contributed by atoms with E-state index in [4.69, 9.17) is 26.1 Å². The molecule has 0 aliphatic carbocycles. The summed E-state index contributed by atoms with van der Waals surface area (Å²) >= 11 is 6.43. The predicted molar refractivity (Wildman–Crippen MR) is 145 cm³/mol. The highest BCUT2D eigenvalue weighted by molar-refractivity contribution is 6.31. The van der Waals surface area contributed by atoms with E-state index in [2.05, 4.69) is 9.67 Å². The number of rotatable bonds is 5. The van der Waals surface area contributed by atoms with Crippen LogP contribution in [0.2, 0.25) is 5.02 Å². The molecule has 0 N–H and O–H groups in total. The number of esters is 1. The van der Waals surface area contributed by atoms with Gasteiger partial charge in [0.25, 0.3) is 0 Å². The van der Waals surface area contributed by atoms with Crippen LogP contribution in [0.1, 0.15) is 15.9 Å². The summed E-state index contributed by atoms with van der Waals surface area (Å²) < 4.78 is 14.4. The largest absolute Gasteiger partial charge is 0.497 e. The molecule has 0 saturated heterocycles. The second-order valence-electron chi connectivity index (χ2n) is 8.88. The van der Waals surface area contributed by atoms with Crippen LogP contribution in [-0.2, 0) is 18.3 Å². The van der Waals surface area contributed by atoms with Crippen LogP contribution in [0.15, 0.2) is 72.9 Å². The van der Waals surface area contributed by atoms with Crippen molar-refractivity contribution in [3.05, 3.63) is 89.1 Å². The fraction of sp³-hybridized carbons (Fsp3) is 0.138. The Labute approximate surface area is 217 Å². The maximum Gasteiger partial charge on any atom is 0.340 e.